The Morgan fingerprint density at radius 1 is 1.38 bits per heavy atom. The van der Waals surface area contributed by atoms with Crippen molar-refractivity contribution in [1.82, 2.24) is 15.0 Å². The van der Waals surface area contributed by atoms with E-state index in [1.807, 2.05) is 18.2 Å². The molecule has 1 N–H and O–H groups in total. The zero-order valence-corrected chi connectivity index (χ0v) is 8.97. The second-order valence-electron chi connectivity index (χ2n) is 2.29. The van der Waals surface area contributed by atoms with Crippen LogP contribution in [0.4, 0.5) is 0 Å². The van der Waals surface area contributed by atoms with Crippen LogP contribution in [-0.4, -0.2) is 15.0 Å². The normalized spacial score (nSPS) is 10.2. The van der Waals surface area contributed by atoms with Gasteiger partial charge in [0.2, 0.25) is 0 Å². The molecule has 0 radical (unpaired) electrons. The lowest BCUT2D eigenvalue weighted by atomic mass is 10.5. The summed E-state index contributed by atoms with van der Waals surface area (Å²) >= 11 is 4.81. The Balaban J connectivity index is 2.19. The summed E-state index contributed by atoms with van der Waals surface area (Å²) in [4.78, 5) is 11.4. The minimum atomic E-state index is 0.837. The van der Waals surface area contributed by atoms with E-state index in [1.54, 1.807) is 12.4 Å². The molecule has 2 aromatic rings. The summed E-state index contributed by atoms with van der Waals surface area (Å²) in [5.74, 6) is 0. The first-order valence-electron chi connectivity index (χ1n) is 3.64. The quantitative estimate of drug-likeness (QED) is 0.840. The molecule has 0 unspecified atom stereocenters. The highest BCUT2D eigenvalue weighted by molar-refractivity contribution is 9.10. The SMILES string of the molecule is Brc1cccc(Sc2ncc[nH]2)n1. The summed E-state index contributed by atoms with van der Waals surface area (Å²) in [5, 5.41) is 1.77. The van der Waals surface area contributed by atoms with Gasteiger partial charge in [0.05, 0.1) is 0 Å². The van der Waals surface area contributed by atoms with Crippen LogP contribution in [0.3, 0.4) is 0 Å². The molecule has 0 spiro atoms. The number of H-pyrrole nitrogens is 1. The van der Waals surface area contributed by atoms with Gasteiger partial charge in [-0.3, -0.25) is 0 Å². The maximum Gasteiger partial charge on any atom is 0.171 e. The predicted octanol–water partition coefficient (Wildman–Crippen LogP) is 2.72. The van der Waals surface area contributed by atoms with Gasteiger partial charge >= 0.3 is 0 Å². The summed E-state index contributed by atoms with van der Waals surface area (Å²) in [5.41, 5.74) is 0. The highest BCUT2D eigenvalue weighted by Gasteiger charge is 1.99. The first-order valence-corrected chi connectivity index (χ1v) is 5.25. The van der Waals surface area contributed by atoms with E-state index in [-0.39, 0.29) is 0 Å². The van der Waals surface area contributed by atoms with Gasteiger partial charge in [0, 0.05) is 12.4 Å². The Morgan fingerprint density at radius 2 is 2.31 bits per heavy atom. The summed E-state index contributed by atoms with van der Waals surface area (Å²) < 4.78 is 0.837. The molecule has 0 fully saturated rings. The van der Waals surface area contributed by atoms with Gasteiger partial charge in [-0.2, -0.15) is 0 Å². The van der Waals surface area contributed by atoms with Gasteiger partial charge in [-0.15, -0.1) is 0 Å². The molecule has 0 aromatic carbocycles. The van der Waals surface area contributed by atoms with Crippen molar-refractivity contribution in [2.24, 2.45) is 0 Å². The second kappa shape index (κ2) is 3.93. The minimum absolute atomic E-state index is 0.837. The molecular formula is C8H6BrN3S. The Bertz CT molecular complexity index is 388. The molecule has 0 amide bonds. The third kappa shape index (κ3) is 2.32. The molecule has 0 atom stereocenters. The monoisotopic (exact) mass is 255 g/mol. The van der Waals surface area contributed by atoms with Crippen LogP contribution < -0.4 is 0 Å². The molecule has 2 heterocycles. The Morgan fingerprint density at radius 3 is 3.00 bits per heavy atom. The molecule has 5 heteroatoms. The Labute approximate surface area is 88.1 Å². The van der Waals surface area contributed by atoms with Crippen LogP contribution in [0.2, 0.25) is 0 Å². The van der Waals surface area contributed by atoms with Crippen LogP contribution in [0.1, 0.15) is 0 Å². The zero-order chi connectivity index (χ0) is 9.10. The van der Waals surface area contributed by atoms with Crippen molar-refractivity contribution in [2.75, 3.05) is 0 Å². The summed E-state index contributed by atoms with van der Waals surface area (Å²) in [6.45, 7) is 0. The van der Waals surface area contributed by atoms with E-state index in [2.05, 4.69) is 30.9 Å². The van der Waals surface area contributed by atoms with Crippen molar-refractivity contribution in [2.45, 2.75) is 10.2 Å². The fraction of sp³-hybridized carbons (Fsp3) is 0. The average Bonchev–Trinajstić information content (AvgIpc) is 2.57. The van der Waals surface area contributed by atoms with Crippen molar-refractivity contribution in [1.29, 1.82) is 0 Å². The van der Waals surface area contributed by atoms with E-state index in [1.165, 1.54) is 11.8 Å². The van der Waals surface area contributed by atoms with Gasteiger partial charge in [-0.05, 0) is 39.8 Å². The fourth-order valence-electron chi connectivity index (χ4n) is 0.852. The van der Waals surface area contributed by atoms with Crippen LogP contribution in [0.5, 0.6) is 0 Å². The Kier molecular flexibility index (Phi) is 2.65. The standard InChI is InChI=1S/C8H6BrN3S/c9-6-2-1-3-7(12-6)13-8-10-4-5-11-8/h1-5H,(H,10,11). The summed E-state index contributed by atoms with van der Waals surface area (Å²) in [6, 6.07) is 5.78. The van der Waals surface area contributed by atoms with Gasteiger partial charge in [-0.25, -0.2) is 9.97 Å². The number of nitrogens with one attached hydrogen (secondary N) is 1. The number of hydrogen-bond donors (Lipinski definition) is 1. The van der Waals surface area contributed by atoms with Crippen LogP contribution in [0, 0.1) is 0 Å². The van der Waals surface area contributed by atoms with Gasteiger partial charge < -0.3 is 4.98 Å². The number of hydrogen-bond acceptors (Lipinski definition) is 3. The number of rotatable bonds is 2. The van der Waals surface area contributed by atoms with Crippen molar-refractivity contribution in [3.63, 3.8) is 0 Å². The van der Waals surface area contributed by atoms with E-state index < -0.39 is 0 Å². The summed E-state index contributed by atoms with van der Waals surface area (Å²) in [7, 11) is 0. The third-order valence-corrected chi connectivity index (χ3v) is 2.66. The molecule has 66 valence electrons. The topological polar surface area (TPSA) is 41.6 Å². The predicted molar refractivity (Wildman–Crippen MR) is 54.6 cm³/mol. The van der Waals surface area contributed by atoms with E-state index in [0.29, 0.717) is 0 Å². The molecule has 2 aromatic heterocycles. The number of nitrogens with zero attached hydrogens (tertiary/aromatic N) is 2. The van der Waals surface area contributed by atoms with Gasteiger partial charge in [0.1, 0.15) is 9.63 Å². The fourth-order valence-corrected chi connectivity index (χ4v) is 2.04. The summed E-state index contributed by atoms with van der Waals surface area (Å²) in [6.07, 6.45) is 3.51. The van der Waals surface area contributed by atoms with E-state index >= 15 is 0 Å². The highest BCUT2D eigenvalue weighted by atomic mass is 79.9. The van der Waals surface area contributed by atoms with Crippen molar-refractivity contribution in [3.8, 4) is 0 Å². The number of pyridine rings is 1. The minimum Gasteiger partial charge on any atom is -0.339 e. The van der Waals surface area contributed by atoms with Crippen molar-refractivity contribution < 1.29 is 0 Å². The van der Waals surface area contributed by atoms with Gasteiger partial charge in [0.15, 0.2) is 5.16 Å². The van der Waals surface area contributed by atoms with Crippen LogP contribution >= 0.6 is 27.7 Å². The second-order valence-corrected chi connectivity index (χ2v) is 4.12. The first kappa shape index (κ1) is 8.77. The molecule has 3 nitrogen and oxygen atoms in total. The van der Waals surface area contributed by atoms with Crippen LogP contribution in [0.25, 0.3) is 0 Å². The maximum atomic E-state index is 4.27. The lowest BCUT2D eigenvalue weighted by Gasteiger charge is -1.96. The lowest BCUT2D eigenvalue weighted by Crippen LogP contribution is -1.81. The number of imidazole rings is 1. The Hall–Kier alpha value is -0.810. The van der Waals surface area contributed by atoms with Crippen molar-refractivity contribution in [3.05, 3.63) is 35.2 Å². The average molecular weight is 256 g/mol. The lowest BCUT2D eigenvalue weighted by molar-refractivity contribution is 1.03. The molecule has 0 aliphatic carbocycles. The molecular weight excluding hydrogens is 250 g/mol. The first-order chi connectivity index (χ1) is 6.34. The van der Waals surface area contributed by atoms with Crippen LogP contribution in [0.15, 0.2) is 45.4 Å². The smallest absolute Gasteiger partial charge is 0.171 e. The highest BCUT2D eigenvalue weighted by Crippen LogP contribution is 2.23. The largest absolute Gasteiger partial charge is 0.339 e. The van der Waals surface area contributed by atoms with Crippen LogP contribution in [-0.2, 0) is 0 Å². The van der Waals surface area contributed by atoms with E-state index in [4.69, 9.17) is 0 Å². The maximum absolute atomic E-state index is 4.27. The van der Waals surface area contributed by atoms with Gasteiger partial charge in [0.25, 0.3) is 0 Å². The number of aromatic amines is 1. The van der Waals surface area contributed by atoms with Crippen molar-refractivity contribution >= 4 is 27.7 Å². The van der Waals surface area contributed by atoms with Gasteiger partial charge in [-0.1, -0.05) is 6.07 Å². The number of halogens is 1. The third-order valence-electron chi connectivity index (χ3n) is 1.36. The molecule has 0 saturated heterocycles. The van der Waals surface area contributed by atoms with E-state index in [0.717, 1.165) is 14.8 Å². The molecule has 0 bridgehead atoms. The molecule has 2 rings (SSSR count). The van der Waals surface area contributed by atoms with E-state index in [9.17, 15) is 0 Å². The number of aromatic nitrogens is 3. The molecule has 0 aliphatic heterocycles. The molecule has 0 aliphatic rings. The molecule has 13 heavy (non-hydrogen) atoms. The molecule has 0 saturated carbocycles. The zero-order valence-electron chi connectivity index (χ0n) is 6.57.